The van der Waals surface area contributed by atoms with Gasteiger partial charge in [-0.1, -0.05) is 12.1 Å². The lowest BCUT2D eigenvalue weighted by Gasteiger charge is -2.36. The number of para-hydroxylation sites is 1. The summed E-state index contributed by atoms with van der Waals surface area (Å²) in [5.74, 6) is -2.65. The van der Waals surface area contributed by atoms with Crippen LogP contribution in [-0.4, -0.2) is 78.0 Å². The predicted octanol–water partition coefficient (Wildman–Crippen LogP) is 5.35. The number of anilines is 2. The number of carbonyl (C=O) groups excluding carboxylic acids is 2. The number of nitrogens with zero attached hydrogens (tertiary/aromatic N) is 3. The van der Waals surface area contributed by atoms with Crippen LogP contribution in [0.4, 0.5) is 37.7 Å². The van der Waals surface area contributed by atoms with Crippen LogP contribution in [0, 0.1) is 0 Å². The van der Waals surface area contributed by atoms with E-state index in [1.54, 1.807) is 34.1 Å². The fourth-order valence-electron chi connectivity index (χ4n) is 4.91. The molecule has 2 aromatic carbocycles. The summed E-state index contributed by atoms with van der Waals surface area (Å²) in [6.07, 6.45) is -6.84. The second kappa shape index (κ2) is 15.1. The maximum Gasteiger partial charge on any atom is 0.416 e. The Hall–Kier alpha value is -4.40. The first-order valence-corrected chi connectivity index (χ1v) is 13.9. The lowest BCUT2D eigenvalue weighted by atomic mass is 10.1. The second-order valence-electron chi connectivity index (χ2n) is 10.3. The maximum absolute atomic E-state index is 13.2. The van der Waals surface area contributed by atoms with E-state index in [0.717, 1.165) is 18.6 Å². The summed E-state index contributed by atoms with van der Waals surface area (Å²) in [6.45, 7) is 2.76. The monoisotopic (exact) mass is 643 g/mol. The average molecular weight is 644 g/mol. The summed E-state index contributed by atoms with van der Waals surface area (Å²) in [7, 11) is 0. The van der Waals surface area contributed by atoms with E-state index in [0.29, 0.717) is 69.1 Å². The van der Waals surface area contributed by atoms with Crippen molar-refractivity contribution in [1.82, 2.24) is 4.90 Å². The fourth-order valence-corrected chi connectivity index (χ4v) is 4.91. The largest absolute Gasteiger partial charge is 0.478 e. The number of amides is 1. The van der Waals surface area contributed by atoms with Gasteiger partial charge in [0.15, 0.2) is 5.78 Å². The molecule has 0 unspecified atom stereocenters. The van der Waals surface area contributed by atoms with Crippen LogP contribution in [0.3, 0.4) is 0 Å². The Bertz CT molecular complexity index is 1370. The number of unbranched alkanes of at least 4 members (excludes halogenated alkanes) is 1. The molecule has 15 heteroatoms. The van der Waals surface area contributed by atoms with Crippen LogP contribution in [0.5, 0.6) is 0 Å². The number of Topliss-reactive ketones (excluding diaryl/α,β-unsaturated/α-hetero) is 1. The van der Waals surface area contributed by atoms with E-state index in [1.807, 2.05) is 0 Å². The van der Waals surface area contributed by atoms with Crippen LogP contribution in [0.2, 0.25) is 0 Å². The topological polar surface area (TPSA) is 118 Å². The van der Waals surface area contributed by atoms with Crippen LogP contribution in [0.1, 0.15) is 47.2 Å². The quantitative estimate of drug-likeness (QED) is 0.225. The summed E-state index contributed by atoms with van der Waals surface area (Å²) >= 11 is 0. The molecule has 4 rings (SSSR count). The van der Waals surface area contributed by atoms with Gasteiger partial charge in [0, 0.05) is 69.0 Å². The third-order valence-electron chi connectivity index (χ3n) is 7.15. The first-order chi connectivity index (χ1) is 21.1. The molecule has 2 aliphatic rings. The lowest BCUT2D eigenvalue weighted by Crippen LogP contribution is -2.46. The number of fused-ring (bicyclic) bond motifs is 1. The summed E-state index contributed by atoms with van der Waals surface area (Å²) in [5, 5.41) is 15.6. The van der Waals surface area contributed by atoms with Crippen LogP contribution >= 0.6 is 0 Å². The van der Waals surface area contributed by atoms with E-state index in [1.165, 1.54) is 0 Å². The van der Waals surface area contributed by atoms with Crippen molar-refractivity contribution in [2.75, 3.05) is 49.1 Å². The highest BCUT2D eigenvalue weighted by Gasteiger charge is 2.37. The molecule has 2 heterocycles. The number of ketones is 1. The normalized spacial score (nSPS) is 16.2. The van der Waals surface area contributed by atoms with E-state index in [2.05, 4.69) is 4.90 Å². The third-order valence-corrected chi connectivity index (χ3v) is 7.15. The van der Waals surface area contributed by atoms with Gasteiger partial charge in [0.1, 0.15) is 0 Å². The van der Waals surface area contributed by atoms with Crippen molar-refractivity contribution in [2.24, 2.45) is 0 Å². The minimum atomic E-state index is -4.87. The zero-order valence-corrected chi connectivity index (χ0v) is 23.9. The summed E-state index contributed by atoms with van der Waals surface area (Å²) in [4.78, 5) is 49.3. The average Bonchev–Trinajstić information content (AvgIpc) is 3.09. The van der Waals surface area contributed by atoms with Crippen molar-refractivity contribution in [3.63, 3.8) is 0 Å². The number of carboxylic acids is 2. The SMILES string of the molecule is O=C(O)C=CC(=O)O.O=C1CCC(=O)N(CCCCN2CCN(c3cc(C(F)(F)F)cc(C(F)(F)F)c3)CC2)c2ccccc21. The van der Waals surface area contributed by atoms with Crippen LogP contribution in [0.15, 0.2) is 54.6 Å². The van der Waals surface area contributed by atoms with Gasteiger partial charge in [0.25, 0.3) is 0 Å². The number of rotatable bonds is 8. The molecule has 2 aromatic rings. The fraction of sp³-hybridized carbons (Fsp3) is 0.400. The molecule has 0 saturated carbocycles. The number of alkyl halides is 6. The first-order valence-electron chi connectivity index (χ1n) is 13.9. The van der Waals surface area contributed by atoms with Crippen molar-refractivity contribution in [1.29, 1.82) is 0 Å². The standard InChI is InChI=1S/C26H27F6N3O2.C4H4O4/c27-25(28,29)18-15-19(26(30,31)32)17-20(16-18)34-13-11-33(12-14-34)9-3-4-10-35-22-6-2-1-5-21(22)23(36)7-8-24(35)37;5-3(6)1-2-4(7)8/h1-2,5-6,15-17H,3-4,7-14H2;1-2H,(H,5,6)(H,7,8). The van der Waals surface area contributed by atoms with E-state index >= 15 is 0 Å². The van der Waals surface area contributed by atoms with Crippen LogP contribution in [0.25, 0.3) is 0 Å². The summed E-state index contributed by atoms with van der Waals surface area (Å²) in [6, 6.07) is 8.74. The third kappa shape index (κ3) is 10.3. The molecule has 0 aliphatic carbocycles. The van der Waals surface area contributed by atoms with Crippen molar-refractivity contribution in [3.05, 3.63) is 71.3 Å². The highest BCUT2D eigenvalue weighted by Crippen LogP contribution is 2.38. The predicted molar refractivity (Wildman–Crippen MR) is 151 cm³/mol. The minimum Gasteiger partial charge on any atom is -0.478 e. The van der Waals surface area contributed by atoms with E-state index in [4.69, 9.17) is 10.2 Å². The molecule has 1 amide bonds. The summed E-state index contributed by atoms with van der Waals surface area (Å²) in [5.41, 5.74) is -1.54. The van der Waals surface area contributed by atoms with Gasteiger partial charge in [-0.3, -0.25) is 14.5 Å². The molecular formula is C30H31F6N3O6. The molecule has 45 heavy (non-hydrogen) atoms. The zero-order chi connectivity index (χ0) is 33.4. The Labute approximate surface area is 254 Å². The second-order valence-corrected chi connectivity index (χ2v) is 10.3. The highest BCUT2D eigenvalue weighted by molar-refractivity contribution is 6.10. The van der Waals surface area contributed by atoms with Gasteiger partial charge in [-0.05, 0) is 49.7 Å². The van der Waals surface area contributed by atoms with Gasteiger partial charge in [0.2, 0.25) is 5.91 Å². The molecule has 1 saturated heterocycles. The molecule has 0 atom stereocenters. The molecule has 0 spiro atoms. The number of carbonyl (C=O) groups is 4. The number of hydrogen-bond acceptors (Lipinski definition) is 6. The van der Waals surface area contributed by atoms with Gasteiger partial charge in [-0.2, -0.15) is 26.3 Å². The van der Waals surface area contributed by atoms with Gasteiger partial charge in [-0.25, -0.2) is 9.59 Å². The molecule has 0 bridgehead atoms. The van der Waals surface area contributed by atoms with Crippen LogP contribution in [-0.2, 0) is 26.7 Å². The number of carboxylic acid groups (broad SMARTS) is 2. The van der Waals surface area contributed by atoms with Crippen molar-refractivity contribution < 1.29 is 55.7 Å². The smallest absolute Gasteiger partial charge is 0.416 e. The Morgan fingerprint density at radius 3 is 1.82 bits per heavy atom. The van der Waals surface area contributed by atoms with Crippen molar-refractivity contribution in [2.45, 2.75) is 38.0 Å². The number of benzene rings is 2. The highest BCUT2D eigenvalue weighted by atomic mass is 19.4. The van der Waals surface area contributed by atoms with E-state index < -0.39 is 35.4 Å². The van der Waals surface area contributed by atoms with Crippen LogP contribution < -0.4 is 9.80 Å². The molecular weight excluding hydrogens is 612 g/mol. The first kappa shape index (κ1) is 35.1. The minimum absolute atomic E-state index is 0.0487. The Morgan fingerprint density at radius 1 is 0.756 bits per heavy atom. The molecule has 9 nitrogen and oxygen atoms in total. The van der Waals surface area contributed by atoms with Gasteiger partial charge >= 0.3 is 24.3 Å². The Morgan fingerprint density at radius 2 is 1.29 bits per heavy atom. The van der Waals surface area contributed by atoms with Gasteiger partial charge < -0.3 is 20.0 Å². The van der Waals surface area contributed by atoms with Gasteiger partial charge in [0.05, 0.1) is 16.8 Å². The molecule has 244 valence electrons. The molecule has 2 N–H and O–H groups in total. The van der Waals surface area contributed by atoms with E-state index in [9.17, 15) is 45.5 Å². The maximum atomic E-state index is 13.2. The summed E-state index contributed by atoms with van der Waals surface area (Å²) < 4.78 is 79.1. The number of hydrogen-bond donors (Lipinski definition) is 2. The number of halogens is 6. The molecule has 2 aliphatic heterocycles. The Balaban J connectivity index is 0.000000610. The Kier molecular flexibility index (Phi) is 11.7. The van der Waals surface area contributed by atoms with Gasteiger partial charge in [-0.15, -0.1) is 0 Å². The molecule has 0 aromatic heterocycles. The molecule has 0 radical (unpaired) electrons. The molecule has 1 fully saturated rings. The van der Waals surface area contributed by atoms with Crippen molar-refractivity contribution >= 4 is 35.0 Å². The van der Waals surface area contributed by atoms with Crippen molar-refractivity contribution in [3.8, 4) is 0 Å². The number of piperazine rings is 1. The van der Waals surface area contributed by atoms with E-state index in [-0.39, 0.29) is 36.3 Å². The lowest BCUT2D eigenvalue weighted by molar-refractivity contribution is -0.143. The number of aliphatic carboxylic acids is 2. The zero-order valence-electron chi connectivity index (χ0n) is 23.9.